The minimum atomic E-state index is -0.179. The molecule has 3 heteroatoms. The van der Waals surface area contributed by atoms with Crippen molar-refractivity contribution in [1.29, 1.82) is 0 Å². The van der Waals surface area contributed by atoms with Crippen LogP contribution in [-0.2, 0) is 0 Å². The minimum absolute atomic E-state index is 0.179. The Balaban J connectivity index is 1.83. The molecule has 0 aromatic carbocycles. The molecule has 0 aliphatic heterocycles. The molecule has 0 aromatic heterocycles. The van der Waals surface area contributed by atoms with Gasteiger partial charge in [0, 0.05) is 6.54 Å². The second-order valence-corrected chi connectivity index (χ2v) is 4.87. The average molecular weight is 199 g/mol. The maximum atomic E-state index is 10.6. The van der Waals surface area contributed by atoms with E-state index < -0.39 is 0 Å². The third-order valence-corrected chi connectivity index (χ3v) is 3.87. The summed E-state index contributed by atoms with van der Waals surface area (Å²) in [6, 6.07) is 0. The molecule has 0 radical (unpaired) electrons. The SMILES string of the molecule is O=C(S)NCC1CC2CCC1CC2. The van der Waals surface area contributed by atoms with Crippen LogP contribution in [0, 0.1) is 17.8 Å². The maximum absolute atomic E-state index is 10.6. The van der Waals surface area contributed by atoms with Crippen LogP contribution in [0.2, 0.25) is 0 Å². The molecule has 74 valence electrons. The van der Waals surface area contributed by atoms with Gasteiger partial charge in [0.2, 0.25) is 0 Å². The normalized spacial score (nSPS) is 37.5. The summed E-state index contributed by atoms with van der Waals surface area (Å²) in [4.78, 5) is 10.6. The molecule has 0 aromatic rings. The number of amides is 1. The first kappa shape index (κ1) is 9.38. The molecule has 2 nitrogen and oxygen atoms in total. The van der Waals surface area contributed by atoms with Crippen molar-refractivity contribution >= 4 is 17.9 Å². The van der Waals surface area contributed by atoms with E-state index in [4.69, 9.17) is 0 Å². The van der Waals surface area contributed by atoms with Crippen LogP contribution in [0.5, 0.6) is 0 Å². The summed E-state index contributed by atoms with van der Waals surface area (Å²) >= 11 is 3.72. The van der Waals surface area contributed by atoms with Crippen molar-refractivity contribution in [2.24, 2.45) is 17.8 Å². The fourth-order valence-electron chi connectivity index (χ4n) is 2.98. The van der Waals surface area contributed by atoms with Gasteiger partial charge in [-0.2, -0.15) is 0 Å². The van der Waals surface area contributed by atoms with Crippen LogP contribution in [-0.4, -0.2) is 11.8 Å². The van der Waals surface area contributed by atoms with Gasteiger partial charge in [-0.15, -0.1) is 0 Å². The van der Waals surface area contributed by atoms with Crippen molar-refractivity contribution in [1.82, 2.24) is 5.32 Å². The highest BCUT2D eigenvalue weighted by molar-refractivity contribution is 7.96. The van der Waals surface area contributed by atoms with Crippen molar-refractivity contribution in [2.45, 2.75) is 32.1 Å². The lowest BCUT2D eigenvalue weighted by Crippen LogP contribution is -2.38. The van der Waals surface area contributed by atoms with Crippen LogP contribution < -0.4 is 5.32 Å². The lowest BCUT2D eigenvalue weighted by atomic mass is 9.65. The molecule has 3 aliphatic carbocycles. The van der Waals surface area contributed by atoms with Gasteiger partial charge in [-0.3, -0.25) is 4.79 Å². The molecular formula is C10H17NOS. The molecule has 3 rings (SSSR count). The van der Waals surface area contributed by atoms with E-state index in [9.17, 15) is 4.79 Å². The zero-order valence-electron chi connectivity index (χ0n) is 7.83. The molecule has 3 saturated carbocycles. The van der Waals surface area contributed by atoms with Crippen LogP contribution in [0.25, 0.3) is 0 Å². The third kappa shape index (κ3) is 2.19. The Bertz CT molecular complexity index is 199. The zero-order valence-corrected chi connectivity index (χ0v) is 8.72. The van der Waals surface area contributed by atoms with Gasteiger partial charge in [-0.25, -0.2) is 0 Å². The Labute approximate surface area is 84.9 Å². The first-order chi connectivity index (χ1) is 6.25. The quantitative estimate of drug-likeness (QED) is 0.657. The van der Waals surface area contributed by atoms with Gasteiger partial charge in [-0.05, 0) is 37.0 Å². The summed E-state index contributed by atoms with van der Waals surface area (Å²) in [5.74, 6) is 2.57. The fraction of sp³-hybridized carbons (Fsp3) is 0.900. The first-order valence-electron chi connectivity index (χ1n) is 5.22. The van der Waals surface area contributed by atoms with Gasteiger partial charge in [0.1, 0.15) is 0 Å². The minimum Gasteiger partial charge on any atom is -0.347 e. The van der Waals surface area contributed by atoms with Crippen molar-refractivity contribution in [3.05, 3.63) is 0 Å². The van der Waals surface area contributed by atoms with E-state index in [1.54, 1.807) is 0 Å². The van der Waals surface area contributed by atoms with Crippen molar-refractivity contribution < 1.29 is 4.79 Å². The molecule has 3 fully saturated rings. The molecular weight excluding hydrogens is 182 g/mol. The molecule has 3 aliphatic rings. The second kappa shape index (κ2) is 3.91. The maximum Gasteiger partial charge on any atom is 0.275 e. The summed E-state index contributed by atoms with van der Waals surface area (Å²) < 4.78 is 0. The molecule has 1 atom stereocenters. The number of thiol groups is 1. The van der Waals surface area contributed by atoms with Crippen molar-refractivity contribution in [3.63, 3.8) is 0 Å². The number of hydrogen-bond acceptors (Lipinski definition) is 1. The van der Waals surface area contributed by atoms with Crippen LogP contribution in [0.4, 0.5) is 4.79 Å². The molecule has 0 heterocycles. The van der Waals surface area contributed by atoms with Crippen LogP contribution in [0.3, 0.4) is 0 Å². The van der Waals surface area contributed by atoms with Crippen LogP contribution in [0.15, 0.2) is 0 Å². The summed E-state index contributed by atoms with van der Waals surface area (Å²) in [5, 5.41) is 2.65. The summed E-state index contributed by atoms with van der Waals surface area (Å²) in [5.41, 5.74) is 0. The Kier molecular flexibility index (Phi) is 2.82. The van der Waals surface area contributed by atoms with E-state index in [1.807, 2.05) is 0 Å². The number of nitrogens with one attached hydrogen (secondary N) is 1. The van der Waals surface area contributed by atoms with E-state index in [2.05, 4.69) is 17.9 Å². The van der Waals surface area contributed by atoms with Crippen LogP contribution >= 0.6 is 12.6 Å². The second-order valence-electron chi connectivity index (χ2n) is 4.46. The lowest BCUT2D eigenvalue weighted by molar-refractivity contribution is 0.100. The molecule has 1 amide bonds. The van der Waals surface area contributed by atoms with E-state index in [0.29, 0.717) is 0 Å². The van der Waals surface area contributed by atoms with E-state index in [0.717, 1.165) is 24.3 Å². The highest BCUT2D eigenvalue weighted by Crippen LogP contribution is 2.44. The molecule has 13 heavy (non-hydrogen) atoms. The van der Waals surface area contributed by atoms with Gasteiger partial charge in [-0.1, -0.05) is 25.5 Å². The third-order valence-electron chi connectivity index (χ3n) is 3.71. The van der Waals surface area contributed by atoms with Gasteiger partial charge in [0.05, 0.1) is 0 Å². The highest BCUT2D eigenvalue weighted by atomic mass is 32.1. The Morgan fingerprint density at radius 3 is 2.46 bits per heavy atom. The van der Waals surface area contributed by atoms with Crippen molar-refractivity contribution in [2.75, 3.05) is 6.54 Å². The standard InChI is InChI=1S/C10H17NOS/c12-10(13)11-6-9-5-7-1-3-8(9)4-2-7/h7-9H,1-6H2,(H2,11,12,13). The van der Waals surface area contributed by atoms with E-state index in [1.165, 1.54) is 32.1 Å². The summed E-state index contributed by atoms with van der Waals surface area (Å²) in [7, 11) is 0. The fourth-order valence-corrected chi connectivity index (χ4v) is 3.08. The van der Waals surface area contributed by atoms with E-state index in [-0.39, 0.29) is 5.24 Å². The average Bonchev–Trinajstić information content (AvgIpc) is 2.17. The Hall–Kier alpha value is -0.180. The molecule has 0 spiro atoms. The molecule has 1 unspecified atom stereocenters. The summed E-state index contributed by atoms with van der Waals surface area (Å²) in [6.45, 7) is 0.851. The number of rotatable bonds is 2. The zero-order chi connectivity index (χ0) is 9.26. The Morgan fingerprint density at radius 2 is 2.00 bits per heavy atom. The molecule has 2 bridgehead atoms. The predicted octanol–water partition coefficient (Wildman–Crippen LogP) is 2.45. The van der Waals surface area contributed by atoms with E-state index >= 15 is 0 Å². The van der Waals surface area contributed by atoms with Gasteiger partial charge < -0.3 is 5.32 Å². The van der Waals surface area contributed by atoms with Crippen LogP contribution in [0.1, 0.15) is 32.1 Å². The molecule has 1 N–H and O–H groups in total. The number of fused-ring (bicyclic) bond motifs is 3. The van der Waals surface area contributed by atoms with Gasteiger partial charge in [0.15, 0.2) is 0 Å². The van der Waals surface area contributed by atoms with Gasteiger partial charge in [0.25, 0.3) is 5.24 Å². The number of carbonyl (C=O) groups excluding carboxylic acids is 1. The smallest absolute Gasteiger partial charge is 0.275 e. The topological polar surface area (TPSA) is 29.1 Å². The highest BCUT2D eigenvalue weighted by Gasteiger charge is 2.35. The molecule has 0 saturated heterocycles. The predicted molar refractivity (Wildman–Crippen MR) is 55.9 cm³/mol. The lowest BCUT2D eigenvalue weighted by Gasteiger charge is -2.42. The largest absolute Gasteiger partial charge is 0.347 e. The van der Waals surface area contributed by atoms with Crippen molar-refractivity contribution in [3.8, 4) is 0 Å². The Morgan fingerprint density at radius 1 is 1.31 bits per heavy atom. The first-order valence-corrected chi connectivity index (χ1v) is 5.67. The summed E-state index contributed by atoms with van der Waals surface area (Å²) in [6.07, 6.45) is 6.96. The van der Waals surface area contributed by atoms with Gasteiger partial charge >= 0.3 is 0 Å². The monoisotopic (exact) mass is 199 g/mol. The number of hydrogen-bond donors (Lipinski definition) is 2. The number of carbonyl (C=O) groups is 1.